The molecule has 2 heterocycles. The van der Waals surface area contributed by atoms with Crippen LogP contribution in [0, 0.1) is 0 Å². The fraction of sp³-hybridized carbons (Fsp3) is 0.154. The number of halogens is 2. The Labute approximate surface area is 202 Å². The molecule has 1 aliphatic rings. The van der Waals surface area contributed by atoms with E-state index in [1.807, 2.05) is 77.5 Å². The number of benzene rings is 3. The molecule has 0 aliphatic carbocycles. The molecule has 1 aliphatic heterocycles. The Morgan fingerprint density at radius 2 is 1.73 bits per heavy atom. The van der Waals surface area contributed by atoms with E-state index in [0.29, 0.717) is 15.8 Å². The zero-order chi connectivity index (χ0) is 22.8. The second-order valence-electron chi connectivity index (χ2n) is 7.93. The van der Waals surface area contributed by atoms with Crippen molar-refractivity contribution in [1.29, 1.82) is 0 Å². The maximum Gasteiger partial charge on any atom is 0.266 e. The third-order valence-corrected chi connectivity index (χ3v) is 6.38. The highest BCUT2D eigenvalue weighted by Gasteiger charge is 2.29. The summed E-state index contributed by atoms with van der Waals surface area (Å²) in [6.45, 7) is 1.15. The van der Waals surface area contributed by atoms with E-state index in [1.54, 1.807) is 6.07 Å². The summed E-state index contributed by atoms with van der Waals surface area (Å²) < 4.78 is 10.1. The molecule has 5 nitrogen and oxygen atoms in total. The average molecular weight is 479 g/mol. The van der Waals surface area contributed by atoms with Crippen molar-refractivity contribution in [3.05, 3.63) is 94.9 Å². The van der Waals surface area contributed by atoms with Gasteiger partial charge in [0.25, 0.3) is 11.7 Å². The van der Waals surface area contributed by atoms with Crippen molar-refractivity contribution in [3.63, 3.8) is 0 Å². The molecule has 0 bridgehead atoms. The number of hydrogen-bond acceptors (Lipinski definition) is 2. The van der Waals surface area contributed by atoms with Crippen LogP contribution in [0.5, 0.6) is 11.5 Å². The summed E-state index contributed by atoms with van der Waals surface area (Å²) >= 11 is 12.3. The third-order valence-electron chi connectivity index (χ3n) is 5.64. The van der Waals surface area contributed by atoms with E-state index in [2.05, 4.69) is 9.88 Å². The second kappa shape index (κ2) is 9.30. The number of ether oxygens (including phenoxy) is 1. The van der Waals surface area contributed by atoms with Crippen LogP contribution in [-0.4, -0.2) is 10.5 Å². The number of nitrogens with one attached hydrogen (secondary N) is 1. The summed E-state index contributed by atoms with van der Waals surface area (Å²) in [5.74, 6) is 2.53. The van der Waals surface area contributed by atoms with Crippen molar-refractivity contribution >= 4 is 34.8 Å². The van der Waals surface area contributed by atoms with Gasteiger partial charge in [0.15, 0.2) is 12.2 Å². The van der Waals surface area contributed by atoms with E-state index in [4.69, 9.17) is 27.9 Å². The quantitative estimate of drug-likeness (QED) is 0.339. The first kappa shape index (κ1) is 21.6. The molecule has 1 amide bonds. The molecule has 0 radical (unpaired) electrons. The first-order chi connectivity index (χ1) is 16.1. The molecule has 4 aromatic rings. The van der Waals surface area contributed by atoms with Crippen LogP contribution < -0.4 is 14.6 Å². The monoisotopic (exact) mass is 478 g/mol. The van der Waals surface area contributed by atoms with E-state index in [1.165, 1.54) is 0 Å². The van der Waals surface area contributed by atoms with Gasteiger partial charge in [0.1, 0.15) is 17.7 Å². The van der Waals surface area contributed by atoms with Crippen LogP contribution in [0.2, 0.25) is 10.0 Å². The van der Waals surface area contributed by atoms with Crippen molar-refractivity contribution in [2.75, 3.05) is 5.32 Å². The van der Waals surface area contributed by atoms with Gasteiger partial charge in [-0.1, -0.05) is 41.4 Å². The summed E-state index contributed by atoms with van der Waals surface area (Å²) in [4.78, 5) is 12.8. The number of para-hydroxylation sites is 1. The van der Waals surface area contributed by atoms with Gasteiger partial charge in [-0.3, -0.25) is 4.79 Å². The minimum absolute atomic E-state index is 0.0854. The zero-order valence-corrected chi connectivity index (χ0v) is 19.3. The molecule has 0 atom stereocenters. The Morgan fingerprint density at radius 3 is 2.48 bits per heavy atom. The summed E-state index contributed by atoms with van der Waals surface area (Å²) in [7, 11) is 0. The van der Waals surface area contributed by atoms with Crippen molar-refractivity contribution in [3.8, 4) is 22.8 Å². The van der Waals surface area contributed by atoms with E-state index >= 15 is 0 Å². The van der Waals surface area contributed by atoms with Gasteiger partial charge < -0.3 is 10.1 Å². The van der Waals surface area contributed by atoms with Gasteiger partial charge in [-0.05, 0) is 61.0 Å². The van der Waals surface area contributed by atoms with Gasteiger partial charge in [0.05, 0.1) is 23.0 Å². The molecule has 1 aromatic heterocycles. The Balaban J connectivity index is 1.29. The predicted molar refractivity (Wildman–Crippen MR) is 130 cm³/mol. The van der Waals surface area contributed by atoms with Gasteiger partial charge in [0, 0.05) is 11.3 Å². The number of imidazole rings is 1. The number of amides is 1. The molecule has 0 spiro atoms. The number of anilines is 1. The molecule has 5 rings (SSSR count). The minimum Gasteiger partial charge on any atom is -0.457 e. The third kappa shape index (κ3) is 4.75. The summed E-state index contributed by atoms with van der Waals surface area (Å²) in [5.41, 5.74) is 2.75. The molecule has 1 N–H and O–H groups in total. The second-order valence-corrected chi connectivity index (χ2v) is 8.74. The van der Waals surface area contributed by atoms with Gasteiger partial charge in [-0.2, -0.15) is 0 Å². The highest BCUT2D eigenvalue weighted by molar-refractivity contribution is 6.42. The van der Waals surface area contributed by atoms with E-state index < -0.39 is 0 Å². The van der Waals surface area contributed by atoms with E-state index in [9.17, 15) is 4.79 Å². The largest absolute Gasteiger partial charge is 0.457 e. The zero-order valence-electron chi connectivity index (χ0n) is 17.8. The van der Waals surface area contributed by atoms with Crippen molar-refractivity contribution in [2.24, 2.45) is 0 Å². The maximum atomic E-state index is 12.8. The van der Waals surface area contributed by atoms with Crippen LogP contribution in [-0.2, 0) is 24.3 Å². The van der Waals surface area contributed by atoms with Crippen LogP contribution in [0.15, 0.2) is 79.0 Å². The number of carbonyl (C=O) groups excluding carboxylic acids is 1. The SMILES string of the molecule is O=C(C[n+]1cc(-c2ccc(Cl)c(Cl)c2)n2c1CCC2)Nc1ccc(Oc2ccccc2)cc1. The molecular weight excluding hydrogens is 457 g/mol. The highest BCUT2D eigenvalue weighted by Crippen LogP contribution is 2.30. The van der Waals surface area contributed by atoms with Crippen LogP contribution in [0.25, 0.3) is 11.3 Å². The molecule has 0 unspecified atom stereocenters. The normalized spacial score (nSPS) is 12.4. The molecule has 0 saturated carbocycles. The average Bonchev–Trinajstić information content (AvgIpc) is 3.42. The number of aromatic nitrogens is 2. The summed E-state index contributed by atoms with van der Waals surface area (Å²) in [6.07, 6.45) is 4.00. The molecular formula is C26H22Cl2N3O2+. The smallest absolute Gasteiger partial charge is 0.266 e. The molecule has 0 fully saturated rings. The number of fused-ring (bicyclic) bond motifs is 1. The van der Waals surface area contributed by atoms with Crippen molar-refractivity contribution < 1.29 is 14.1 Å². The summed E-state index contributed by atoms with van der Waals surface area (Å²) in [5, 5.41) is 4.02. The van der Waals surface area contributed by atoms with Crippen LogP contribution >= 0.6 is 23.2 Å². The number of hydrogen-bond donors (Lipinski definition) is 1. The minimum atomic E-state index is -0.0854. The van der Waals surface area contributed by atoms with E-state index in [-0.39, 0.29) is 12.5 Å². The fourth-order valence-electron chi connectivity index (χ4n) is 4.12. The lowest BCUT2D eigenvalue weighted by Crippen LogP contribution is -2.42. The number of nitrogens with zero attached hydrogens (tertiary/aromatic N) is 2. The highest BCUT2D eigenvalue weighted by atomic mass is 35.5. The first-order valence-electron chi connectivity index (χ1n) is 10.8. The fourth-order valence-corrected chi connectivity index (χ4v) is 4.42. The topological polar surface area (TPSA) is 47.1 Å². The van der Waals surface area contributed by atoms with Gasteiger partial charge in [-0.25, -0.2) is 9.13 Å². The molecule has 166 valence electrons. The Hall–Kier alpha value is -3.28. The van der Waals surface area contributed by atoms with Gasteiger partial charge in [0.2, 0.25) is 0 Å². The lowest BCUT2D eigenvalue weighted by Gasteiger charge is -2.08. The Bertz CT molecular complexity index is 1300. The number of carbonyl (C=O) groups is 1. The Kier molecular flexibility index (Phi) is 6.07. The summed E-state index contributed by atoms with van der Waals surface area (Å²) in [6, 6.07) is 22.6. The maximum absolute atomic E-state index is 12.8. The lowest BCUT2D eigenvalue weighted by molar-refractivity contribution is -0.690. The predicted octanol–water partition coefficient (Wildman–Crippen LogP) is 6.13. The molecule has 3 aromatic carbocycles. The van der Waals surface area contributed by atoms with E-state index in [0.717, 1.165) is 47.9 Å². The van der Waals surface area contributed by atoms with Crippen LogP contribution in [0.4, 0.5) is 5.69 Å². The molecule has 0 saturated heterocycles. The van der Waals surface area contributed by atoms with Crippen molar-refractivity contribution in [2.45, 2.75) is 25.9 Å². The molecule has 7 heteroatoms. The van der Waals surface area contributed by atoms with Crippen molar-refractivity contribution in [1.82, 2.24) is 4.57 Å². The van der Waals surface area contributed by atoms with Crippen LogP contribution in [0.3, 0.4) is 0 Å². The standard InChI is InChI=1S/C26H21Cl2N3O2/c27-22-13-8-18(15-23(22)28)24-16-30(26-7-4-14-31(24)26)17-25(32)29-19-9-11-21(12-10-19)33-20-5-2-1-3-6-20/h1-3,5-6,8-13,15-16H,4,7,14,17H2/p+1. The Morgan fingerprint density at radius 1 is 0.970 bits per heavy atom. The lowest BCUT2D eigenvalue weighted by atomic mass is 10.1. The van der Waals surface area contributed by atoms with Crippen LogP contribution in [0.1, 0.15) is 12.2 Å². The van der Waals surface area contributed by atoms with Gasteiger partial charge >= 0.3 is 0 Å². The first-order valence-corrected chi connectivity index (χ1v) is 11.5. The number of rotatable bonds is 6. The van der Waals surface area contributed by atoms with Gasteiger partial charge in [-0.15, -0.1) is 0 Å². The molecule has 33 heavy (non-hydrogen) atoms.